The number of aromatic nitrogens is 1. The number of benzene rings is 2. The summed E-state index contributed by atoms with van der Waals surface area (Å²) in [5.74, 6) is -2.19. The third-order valence-corrected chi connectivity index (χ3v) is 3.64. The van der Waals surface area contributed by atoms with E-state index in [9.17, 15) is 13.6 Å². The lowest BCUT2D eigenvalue weighted by molar-refractivity contribution is 0.102. The second kappa shape index (κ2) is 5.26. The number of H-pyrrole nitrogens is 1. The van der Waals surface area contributed by atoms with Crippen molar-refractivity contribution in [1.29, 1.82) is 0 Å². The van der Waals surface area contributed by atoms with Gasteiger partial charge >= 0.3 is 0 Å². The van der Waals surface area contributed by atoms with Crippen molar-refractivity contribution >= 4 is 22.5 Å². The summed E-state index contributed by atoms with van der Waals surface area (Å²) in [4.78, 5) is 15.3. The van der Waals surface area contributed by atoms with E-state index in [0.717, 1.165) is 34.2 Å². The van der Waals surface area contributed by atoms with Crippen LogP contribution in [0.1, 0.15) is 21.6 Å². The van der Waals surface area contributed by atoms with Gasteiger partial charge in [-0.15, -0.1) is 0 Å². The number of aromatic amines is 1. The molecule has 0 saturated heterocycles. The fraction of sp³-hybridized carbons (Fsp3) is 0.118. The highest BCUT2D eigenvalue weighted by Crippen LogP contribution is 2.25. The van der Waals surface area contributed by atoms with E-state index in [1.165, 1.54) is 6.07 Å². The zero-order valence-electron chi connectivity index (χ0n) is 12.1. The van der Waals surface area contributed by atoms with Gasteiger partial charge in [0.2, 0.25) is 0 Å². The maximum atomic E-state index is 13.6. The molecule has 112 valence electrons. The van der Waals surface area contributed by atoms with Gasteiger partial charge in [-0.3, -0.25) is 4.79 Å². The lowest BCUT2D eigenvalue weighted by Crippen LogP contribution is -2.15. The summed E-state index contributed by atoms with van der Waals surface area (Å²) in [7, 11) is 0. The molecule has 1 amide bonds. The van der Waals surface area contributed by atoms with Crippen molar-refractivity contribution in [2.75, 3.05) is 5.32 Å². The molecule has 1 aromatic heterocycles. The van der Waals surface area contributed by atoms with Gasteiger partial charge < -0.3 is 10.3 Å². The number of anilines is 1. The van der Waals surface area contributed by atoms with E-state index in [4.69, 9.17) is 0 Å². The van der Waals surface area contributed by atoms with Crippen molar-refractivity contribution in [1.82, 2.24) is 4.98 Å². The summed E-state index contributed by atoms with van der Waals surface area (Å²) in [6, 6.07) is 9.20. The Morgan fingerprint density at radius 1 is 1.09 bits per heavy atom. The second-order valence-electron chi connectivity index (χ2n) is 5.22. The van der Waals surface area contributed by atoms with Crippen LogP contribution in [-0.2, 0) is 0 Å². The van der Waals surface area contributed by atoms with Crippen LogP contribution in [0.25, 0.3) is 10.9 Å². The van der Waals surface area contributed by atoms with Crippen LogP contribution in [0.5, 0.6) is 0 Å². The highest BCUT2D eigenvalue weighted by atomic mass is 19.1. The molecule has 0 bridgehead atoms. The molecule has 22 heavy (non-hydrogen) atoms. The lowest BCUT2D eigenvalue weighted by Gasteiger charge is -2.07. The van der Waals surface area contributed by atoms with Gasteiger partial charge in [0.05, 0.1) is 0 Å². The smallest absolute Gasteiger partial charge is 0.272 e. The first-order valence-corrected chi connectivity index (χ1v) is 6.81. The number of carbonyl (C=O) groups is 1. The summed E-state index contributed by atoms with van der Waals surface area (Å²) in [6.45, 7) is 3.76. The Labute approximate surface area is 126 Å². The quantitative estimate of drug-likeness (QED) is 0.727. The van der Waals surface area contributed by atoms with Crippen LogP contribution in [-0.4, -0.2) is 10.9 Å². The molecule has 1 heterocycles. The number of halogens is 2. The number of rotatable bonds is 2. The molecule has 0 aliphatic carbocycles. The largest absolute Gasteiger partial charge is 0.350 e. The van der Waals surface area contributed by atoms with Crippen LogP contribution in [0.15, 0.2) is 36.4 Å². The Balaban J connectivity index is 2.01. The molecule has 0 unspecified atom stereocenters. The summed E-state index contributed by atoms with van der Waals surface area (Å²) < 4.78 is 27.2. The van der Waals surface area contributed by atoms with Crippen molar-refractivity contribution < 1.29 is 13.6 Å². The van der Waals surface area contributed by atoms with Gasteiger partial charge in [0.15, 0.2) is 0 Å². The second-order valence-corrected chi connectivity index (χ2v) is 5.22. The molecule has 2 aromatic carbocycles. The topological polar surface area (TPSA) is 44.9 Å². The number of aryl methyl sites for hydroxylation is 2. The van der Waals surface area contributed by atoms with Gasteiger partial charge in [-0.05, 0) is 43.7 Å². The van der Waals surface area contributed by atoms with Gasteiger partial charge in [0.1, 0.15) is 23.0 Å². The fourth-order valence-corrected chi connectivity index (χ4v) is 2.46. The van der Waals surface area contributed by atoms with E-state index < -0.39 is 23.2 Å². The number of nitrogens with one attached hydrogen (secondary N) is 2. The molecule has 3 rings (SSSR count). The third kappa shape index (κ3) is 2.35. The maximum Gasteiger partial charge on any atom is 0.272 e. The van der Waals surface area contributed by atoms with Crippen molar-refractivity contribution in [2.24, 2.45) is 0 Å². The van der Waals surface area contributed by atoms with Crippen LogP contribution in [0, 0.1) is 25.5 Å². The molecule has 0 spiro atoms. The highest BCUT2D eigenvalue weighted by molar-refractivity contribution is 6.08. The van der Waals surface area contributed by atoms with Gasteiger partial charge in [-0.2, -0.15) is 0 Å². The molecular formula is C17H14F2N2O. The molecule has 5 heteroatoms. The summed E-state index contributed by atoms with van der Waals surface area (Å²) in [5, 5.41) is 3.21. The molecule has 0 saturated carbocycles. The Hall–Kier alpha value is -2.69. The minimum atomic E-state index is -0.807. The normalized spacial score (nSPS) is 10.9. The SMILES string of the molecule is Cc1ccc2[nH]c(C(=O)Nc3c(F)cccc3F)c(C)c2c1. The van der Waals surface area contributed by atoms with E-state index >= 15 is 0 Å². The number of carbonyl (C=O) groups excluding carboxylic acids is 1. The Bertz CT molecular complexity index is 863. The monoisotopic (exact) mass is 300 g/mol. The standard InChI is InChI=1S/C17H14F2N2O/c1-9-6-7-14-11(8-9)10(2)15(20-14)17(22)21-16-12(18)4-3-5-13(16)19/h3-8,20H,1-2H3,(H,21,22). The van der Waals surface area contributed by atoms with Crippen molar-refractivity contribution in [3.63, 3.8) is 0 Å². The molecule has 0 atom stereocenters. The molecule has 2 N–H and O–H groups in total. The molecule has 0 aliphatic heterocycles. The van der Waals surface area contributed by atoms with Crippen LogP contribution in [0.4, 0.5) is 14.5 Å². The number of fused-ring (bicyclic) bond motifs is 1. The van der Waals surface area contributed by atoms with E-state index in [1.807, 2.05) is 25.1 Å². The fourth-order valence-electron chi connectivity index (χ4n) is 2.46. The van der Waals surface area contributed by atoms with E-state index in [0.29, 0.717) is 5.69 Å². The lowest BCUT2D eigenvalue weighted by atomic mass is 10.1. The predicted octanol–water partition coefficient (Wildman–Crippen LogP) is 4.32. The molecule has 0 fully saturated rings. The first-order chi connectivity index (χ1) is 10.5. The van der Waals surface area contributed by atoms with E-state index in [1.54, 1.807) is 6.92 Å². The molecule has 3 aromatic rings. The van der Waals surface area contributed by atoms with Gasteiger partial charge in [-0.25, -0.2) is 8.78 Å². The van der Waals surface area contributed by atoms with Crippen LogP contribution >= 0.6 is 0 Å². The maximum absolute atomic E-state index is 13.6. The minimum Gasteiger partial charge on any atom is -0.350 e. The van der Waals surface area contributed by atoms with Crippen molar-refractivity contribution in [3.05, 3.63) is 64.9 Å². The predicted molar refractivity (Wildman–Crippen MR) is 82.1 cm³/mol. The Kier molecular flexibility index (Phi) is 3.41. The van der Waals surface area contributed by atoms with Crippen molar-refractivity contribution in [3.8, 4) is 0 Å². The van der Waals surface area contributed by atoms with Crippen LogP contribution in [0.2, 0.25) is 0 Å². The third-order valence-electron chi connectivity index (χ3n) is 3.64. The number of hydrogen-bond acceptors (Lipinski definition) is 1. The molecule has 0 radical (unpaired) electrons. The van der Waals surface area contributed by atoms with Gasteiger partial charge in [0.25, 0.3) is 5.91 Å². The van der Waals surface area contributed by atoms with Gasteiger partial charge in [0, 0.05) is 10.9 Å². The number of hydrogen-bond donors (Lipinski definition) is 2. The zero-order chi connectivity index (χ0) is 15.9. The van der Waals surface area contributed by atoms with E-state index in [-0.39, 0.29) is 0 Å². The average molecular weight is 300 g/mol. The van der Waals surface area contributed by atoms with Crippen LogP contribution < -0.4 is 5.32 Å². The summed E-state index contributed by atoms with van der Waals surface area (Å²) in [5.41, 5.74) is 2.47. The first kappa shape index (κ1) is 14.3. The van der Waals surface area contributed by atoms with E-state index in [2.05, 4.69) is 10.3 Å². The molecular weight excluding hydrogens is 286 g/mol. The zero-order valence-corrected chi connectivity index (χ0v) is 12.1. The minimum absolute atomic E-state index is 0.295. The first-order valence-electron chi connectivity index (χ1n) is 6.81. The van der Waals surface area contributed by atoms with Crippen molar-refractivity contribution in [2.45, 2.75) is 13.8 Å². The molecule has 0 aliphatic rings. The summed E-state index contributed by atoms with van der Waals surface area (Å²) >= 11 is 0. The van der Waals surface area contributed by atoms with Gasteiger partial charge in [-0.1, -0.05) is 17.7 Å². The van der Waals surface area contributed by atoms with Crippen LogP contribution in [0.3, 0.4) is 0 Å². The summed E-state index contributed by atoms with van der Waals surface area (Å²) in [6.07, 6.45) is 0. The average Bonchev–Trinajstić information content (AvgIpc) is 2.80. The number of amides is 1. The Morgan fingerprint density at radius 3 is 2.45 bits per heavy atom. The Morgan fingerprint density at radius 2 is 1.77 bits per heavy atom. The number of para-hydroxylation sites is 1. The molecule has 3 nitrogen and oxygen atoms in total. The highest BCUT2D eigenvalue weighted by Gasteiger charge is 2.18.